The van der Waals surface area contributed by atoms with Gasteiger partial charge >= 0.3 is 0 Å². The first-order valence-corrected chi connectivity index (χ1v) is 2.61. The Morgan fingerprint density at radius 1 is 1.43 bits per heavy atom. The predicted octanol–water partition coefficient (Wildman–Crippen LogP) is 0.147. The molecule has 0 amide bonds. The van der Waals surface area contributed by atoms with E-state index in [1.54, 1.807) is 0 Å². The Hall–Kier alpha value is -0.0800. The zero-order chi connectivity index (χ0) is 5.86. The van der Waals surface area contributed by atoms with Crippen molar-refractivity contribution in [3.05, 3.63) is 0 Å². The van der Waals surface area contributed by atoms with E-state index in [0.29, 0.717) is 5.92 Å². The highest BCUT2D eigenvalue weighted by molar-refractivity contribution is 4.57. The monoisotopic (exact) mass is 102 g/mol. The Kier molecular flexibility index (Phi) is 2.96. The van der Waals surface area contributed by atoms with Crippen LogP contribution in [0, 0.1) is 5.92 Å². The van der Waals surface area contributed by atoms with Gasteiger partial charge in [-0.15, -0.1) is 0 Å². The van der Waals surface area contributed by atoms with Gasteiger partial charge in [-0.1, -0.05) is 13.8 Å². The molecular formula is C5H14N2. The second kappa shape index (κ2) is 2.99. The van der Waals surface area contributed by atoms with Crippen LogP contribution in [0.5, 0.6) is 0 Å². The Labute approximate surface area is 45.1 Å². The van der Waals surface area contributed by atoms with Crippen molar-refractivity contribution in [2.24, 2.45) is 11.7 Å². The highest BCUT2D eigenvalue weighted by Gasteiger charge is 2.00. The lowest BCUT2D eigenvalue weighted by atomic mass is 10.2. The van der Waals surface area contributed by atoms with Gasteiger partial charge in [-0.2, -0.15) is 0 Å². The zero-order valence-corrected chi connectivity index (χ0v) is 5.23. The fraction of sp³-hybridized carbons (Fsp3) is 1.00. The first-order valence-electron chi connectivity index (χ1n) is 2.61. The number of hydrogen-bond donors (Lipinski definition) is 2. The lowest BCUT2D eigenvalue weighted by Crippen LogP contribution is -2.38. The van der Waals surface area contributed by atoms with Gasteiger partial charge in [0, 0.05) is 0 Å². The van der Waals surface area contributed by atoms with Crippen LogP contribution in [0.25, 0.3) is 0 Å². The third-order valence-corrected chi connectivity index (χ3v) is 1.05. The molecule has 0 aliphatic rings. The minimum absolute atomic E-state index is 0.153. The second-order valence-electron chi connectivity index (χ2n) is 2.06. The fourth-order valence-electron chi connectivity index (χ4n) is 0.333. The van der Waals surface area contributed by atoms with Crippen molar-refractivity contribution in [2.75, 3.05) is 7.05 Å². The Balaban J connectivity index is 3.14. The van der Waals surface area contributed by atoms with Crippen LogP contribution in [0.4, 0.5) is 0 Å². The molecule has 0 unspecified atom stereocenters. The van der Waals surface area contributed by atoms with Gasteiger partial charge in [-0.05, 0) is 13.0 Å². The molecule has 3 N–H and O–H groups in total. The first kappa shape index (κ1) is 6.92. The van der Waals surface area contributed by atoms with E-state index in [1.165, 1.54) is 0 Å². The average molecular weight is 102 g/mol. The molecule has 0 aromatic carbocycles. The van der Waals surface area contributed by atoms with Crippen molar-refractivity contribution in [1.29, 1.82) is 0 Å². The maximum Gasteiger partial charge on any atom is 0.0567 e. The lowest BCUT2D eigenvalue weighted by molar-refractivity contribution is 0.440. The van der Waals surface area contributed by atoms with E-state index in [2.05, 4.69) is 19.2 Å². The second-order valence-corrected chi connectivity index (χ2v) is 2.06. The van der Waals surface area contributed by atoms with Gasteiger partial charge in [0.25, 0.3) is 0 Å². The molecule has 0 heterocycles. The van der Waals surface area contributed by atoms with Gasteiger partial charge in [0.05, 0.1) is 6.17 Å². The molecule has 1 atom stereocenters. The quantitative estimate of drug-likeness (QED) is 0.487. The van der Waals surface area contributed by atoms with Crippen LogP contribution in [0.15, 0.2) is 0 Å². The summed E-state index contributed by atoms with van der Waals surface area (Å²) < 4.78 is 0. The summed E-state index contributed by atoms with van der Waals surface area (Å²) >= 11 is 0. The summed E-state index contributed by atoms with van der Waals surface area (Å²) in [6.45, 7) is 4.17. The molecule has 0 saturated heterocycles. The minimum atomic E-state index is 0.153. The van der Waals surface area contributed by atoms with Crippen molar-refractivity contribution < 1.29 is 0 Å². The summed E-state index contributed by atoms with van der Waals surface area (Å²) in [5, 5.41) is 2.94. The molecule has 0 fully saturated rings. The molecule has 0 aliphatic heterocycles. The van der Waals surface area contributed by atoms with Crippen LogP contribution in [-0.4, -0.2) is 13.2 Å². The topological polar surface area (TPSA) is 38.0 Å². The lowest BCUT2D eigenvalue weighted by Gasteiger charge is -2.12. The molecule has 0 aliphatic carbocycles. The Morgan fingerprint density at radius 3 is 1.86 bits per heavy atom. The summed E-state index contributed by atoms with van der Waals surface area (Å²) in [7, 11) is 1.87. The van der Waals surface area contributed by atoms with Gasteiger partial charge in [0.1, 0.15) is 0 Å². The molecule has 7 heavy (non-hydrogen) atoms. The molecule has 44 valence electrons. The standard InChI is InChI=1S/C5H14N2/c1-4(2)5(6)7-3/h4-5,7H,6H2,1-3H3/t5-/m1/s1. The summed E-state index contributed by atoms with van der Waals surface area (Å²) in [5.74, 6) is 0.532. The summed E-state index contributed by atoms with van der Waals surface area (Å²) in [6, 6.07) is 0. The van der Waals surface area contributed by atoms with Gasteiger partial charge in [-0.25, -0.2) is 0 Å². The van der Waals surface area contributed by atoms with Crippen LogP contribution in [0.1, 0.15) is 13.8 Å². The molecule has 0 rings (SSSR count). The van der Waals surface area contributed by atoms with Crippen LogP contribution < -0.4 is 11.1 Å². The molecule has 0 radical (unpaired) electrons. The molecule has 0 bridgehead atoms. The molecule has 0 aromatic rings. The SMILES string of the molecule is CN[C@@H](N)C(C)C. The van der Waals surface area contributed by atoms with E-state index >= 15 is 0 Å². The molecule has 0 saturated carbocycles. The fourth-order valence-corrected chi connectivity index (χ4v) is 0.333. The number of nitrogens with two attached hydrogens (primary N) is 1. The highest BCUT2D eigenvalue weighted by atomic mass is 15.0. The van der Waals surface area contributed by atoms with Crippen molar-refractivity contribution in [3.8, 4) is 0 Å². The number of hydrogen-bond acceptors (Lipinski definition) is 2. The van der Waals surface area contributed by atoms with E-state index < -0.39 is 0 Å². The van der Waals surface area contributed by atoms with Crippen LogP contribution in [-0.2, 0) is 0 Å². The first-order chi connectivity index (χ1) is 3.18. The van der Waals surface area contributed by atoms with E-state index in [0.717, 1.165) is 0 Å². The maximum atomic E-state index is 5.50. The van der Waals surface area contributed by atoms with Crippen molar-refractivity contribution >= 4 is 0 Å². The largest absolute Gasteiger partial charge is 0.316 e. The van der Waals surface area contributed by atoms with E-state index in [1.807, 2.05) is 7.05 Å². The van der Waals surface area contributed by atoms with Gasteiger partial charge in [0.2, 0.25) is 0 Å². The van der Waals surface area contributed by atoms with Crippen molar-refractivity contribution in [1.82, 2.24) is 5.32 Å². The third-order valence-electron chi connectivity index (χ3n) is 1.05. The Morgan fingerprint density at radius 2 is 1.86 bits per heavy atom. The molecule has 0 aromatic heterocycles. The van der Waals surface area contributed by atoms with Crippen molar-refractivity contribution in [2.45, 2.75) is 20.0 Å². The molecular weight excluding hydrogens is 88.1 g/mol. The zero-order valence-electron chi connectivity index (χ0n) is 5.23. The molecule has 2 nitrogen and oxygen atoms in total. The van der Waals surface area contributed by atoms with Crippen LogP contribution in [0.3, 0.4) is 0 Å². The maximum absolute atomic E-state index is 5.50. The molecule has 0 spiro atoms. The normalized spacial score (nSPS) is 15.0. The van der Waals surface area contributed by atoms with Crippen LogP contribution in [0.2, 0.25) is 0 Å². The third kappa shape index (κ3) is 2.60. The van der Waals surface area contributed by atoms with Crippen LogP contribution >= 0.6 is 0 Å². The molecule has 2 heteroatoms. The van der Waals surface area contributed by atoms with Gasteiger partial charge in [-0.3, -0.25) is 0 Å². The summed E-state index contributed by atoms with van der Waals surface area (Å²) in [6.07, 6.45) is 0.153. The highest BCUT2D eigenvalue weighted by Crippen LogP contribution is 1.91. The number of rotatable bonds is 2. The van der Waals surface area contributed by atoms with E-state index in [9.17, 15) is 0 Å². The Bertz CT molecular complexity index is 43.3. The summed E-state index contributed by atoms with van der Waals surface area (Å²) in [4.78, 5) is 0. The van der Waals surface area contributed by atoms with E-state index in [4.69, 9.17) is 5.73 Å². The van der Waals surface area contributed by atoms with E-state index in [-0.39, 0.29) is 6.17 Å². The predicted molar refractivity (Wildman–Crippen MR) is 31.9 cm³/mol. The summed E-state index contributed by atoms with van der Waals surface area (Å²) in [5.41, 5.74) is 5.50. The van der Waals surface area contributed by atoms with Crippen molar-refractivity contribution in [3.63, 3.8) is 0 Å². The van der Waals surface area contributed by atoms with Gasteiger partial charge in [0.15, 0.2) is 0 Å². The smallest absolute Gasteiger partial charge is 0.0567 e. The van der Waals surface area contributed by atoms with Gasteiger partial charge < -0.3 is 11.1 Å². The minimum Gasteiger partial charge on any atom is -0.316 e. The average Bonchev–Trinajstić information content (AvgIpc) is 1.65. The number of nitrogens with one attached hydrogen (secondary N) is 1.